The van der Waals surface area contributed by atoms with Crippen molar-refractivity contribution in [3.8, 4) is 0 Å². The molecule has 33 heavy (non-hydrogen) atoms. The SMILES string of the molecule is CC1Nc2nnnn2C(c2cccc3ccccc23)C1C(=O)OC1CCCc2ccccc21. The van der Waals surface area contributed by atoms with Gasteiger partial charge >= 0.3 is 5.97 Å². The van der Waals surface area contributed by atoms with Gasteiger partial charge in [-0.15, -0.1) is 0 Å². The van der Waals surface area contributed by atoms with Crippen molar-refractivity contribution in [3.05, 3.63) is 83.4 Å². The van der Waals surface area contributed by atoms with Crippen LogP contribution in [0, 0.1) is 5.92 Å². The summed E-state index contributed by atoms with van der Waals surface area (Å²) in [6.45, 7) is 2.00. The van der Waals surface area contributed by atoms with Crippen molar-refractivity contribution in [2.24, 2.45) is 5.92 Å². The highest BCUT2D eigenvalue weighted by Crippen LogP contribution is 2.41. The Hall–Kier alpha value is -3.74. The molecule has 0 fully saturated rings. The van der Waals surface area contributed by atoms with Gasteiger partial charge in [0, 0.05) is 6.04 Å². The average molecular weight is 440 g/mol. The smallest absolute Gasteiger partial charge is 0.314 e. The Morgan fingerprint density at radius 1 is 1.03 bits per heavy atom. The van der Waals surface area contributed by atoms with E-state index in [-0.39, 0.29) is 24.2 Å². The number of ether oxygens (including phenoxy) is 1. The molecule has 1 N–H and O–H groups in total. The van der Waals surface area contributed by atoms with Crippen LogP contribution in [0.15, 0.2) is 66.7 Å². The maximum atomic E-state index is 13.8. The minimum atomic E-state index is -0.485. The van der Waals surface area contributed by atoms with E-state index in [9.17, 15) is 4.79 Å². The molecule has 166 valence electrons. The number of nitrogens with zero attached hydrogens (tertiary/aromatic N) is 4. The third-order valence-electron chi connectivity index (χ3n) is 6.98. The van der Waals surface area contributed by atoms with Gasteiger partial charge < -0.3 is 10.1 Å². The molecule has 4 atom stereocenters. The topological polar surface area (TPSA) is 81.9 Å². The molecule has 6 rings (SSSR count). The van der Waals surface area contributed by atoms with Gasteiger partial charge in [0.15, 0.2) is 0 Å². The molecule has 4 unspecified atom stereocenters. The van der Waals surface area contributed by atoms with Gasteiger partial charge in [-0.2, -0.15) is 0 Å². The van der Waals surface area contributed by atoms with Gasteiger partial charge in [0.25, 0.3) is 0 Å². The normalized spacial score (nSPS) is 23.9. The zero-order valence-corrected chi connectivity index (χ0v) is 18.4. The Bertz CT molecular complexity index is 1330. The zero-order chi connectivity index (χ0) is 22.4. The second-order valence-corrected chi connectivity index (χ2v) is 8.94. The number of esters is 1. The molecule has 4 aromatic rings. The number of hydrogen-bond donors (Lipinski definition) is 1. The summed E-state index contributed by atoms with van der Waals surface area (Å²) in [7, 11) is 0. The van der Waals surface area contributed by atoms with Crippen LogP contribution in [-0.2, 0) is 16.0 Å². The Labute approximate surface area is 191 Å². The standard InChI is InChI=1S/C26H25N5O2/c1-16-23(25(32)33-22-15-7-11-18-9-3-5-13-20(18)22)24(31-26(27-16)28-29-30-31)21-14-6-10-17-8-2-4-12-19(17)21/h2-6,8-10,12-14,16,22-24H,7,11,15H2,1H3,(H,27,28,30). The summed E-state index contributed by atoms with van der Waals surface area (Å²) >= 11 is 0. The summed E-state index contributed by atoms with van der Waals surface area (Å²) in [5.74, 6) is -0.149. The van der Waals surface area contributed by atoms with E-state index in [0.717, 1.165) is 41.2 Å². The van der Waals surface area contributed by atoms with Crippen molar-refractivity contribution in [1.29, 1.82) is 0 Å². The van der Waals surface area contributed by atoms with Gasteiger partial charge in [-0.25, -0.2) is 4.68 Å². The summed E-state index contributed by atoms with van der Waals surface area (Å²) in [6.07, 6.45) is 2.65. The summed E-state index contributed by atoms with van der Waals surface area (Å²) < 4.78 is 7.95. The van der Waals surface area contributed by atoms with Crippen molar-refractivity contribution in [2.45, 2.75) is 44.4 Å². The van der Waals surface area contributed by atoms with E-state index in [4.69, 9.17) is 4.74 Å². The summed E-state index contributed by atoms with van der Waals surface area (Å²) in [5.41, 5.74) is 3.41. The van der Waals surface area contributed by atoms with E-state index in [2.05, 4.69) is 57.2 Å². The average Bonchev–Trinajstić information content (AvgIpc) is 3.31. The number of aromatic nitrogens is 4. The fraction of sp³-hybridized carbons (Fsp3) is 0.308. The van der Waals surface area contributed by atoms with Crippen molar-refractivity contribution >= 4 is 22.7 Å². The number of aryl methyl sites for hydroxylation is 1. The van der Waals surface area contributed by atoms with Gasteiger partial charge in [-0.1, -0.05) is 71.8 Å². The predicted molar refractivity (Wildman–Crippen MR) is 125 cm³/mol. The first kappa shape index (κ1) is 19.9. The second kappa shape index (κ2) is 7.99. The van der Waals surface area contributed by atoms with E-state index in [1.165, 1.54) is 5.56 Å². The summed E-state index contributed by atoms with van der Waals surface area (Å²) in [6, 6.07) is 22.1. The molecule has 1 aliphatic carbocycles. The molecule has 2 heterocycles. The predicted octanol–water partition coefficient (Wildman–Crippen LogP) is 4.47. The fourth-order valence-electron chi connectivity index (χ4n) is 5.41. The number of benzene rings is 3. The van der Waals surface area contributed by atoms with Crippen molar-refractivity contribution in [1.82, 2.24) is 20.2 Å². The first-order valence-corrected chi connectivity index (χ1v) is 11.5. The Morgan fingerprint density at radius 2 is 1.82 bits per heavy atom. The number of hydrogen-bond acceptors (Lipinski definition) is 6. The summed E-state index contributed by atoms with van der Waals surface area (Å²) in [4.78, 5) is 13.8. The Kier molecular flexibility index (Phi) is 4.82. The maximum absolute atomic E-state index is 13.8. The first-order chi connectivity index (χ1) is 16.2. The van der Waals surface area contributed by atoms with E-state index in [1.807, 2.05) is 37.3 Å². The van der Waals surface area contributed by atoms with Crippen molar-refractivity contribution in [3.63, 3.8) is 0 Å². The molecule has 2 aliphatic rings. The van der Waals surface area contributed by atoms with Crippen LogP contribution in [0.4, 0.5) is 5.95 Å². The van der Waals surface area contributed by atoms with Crippen LogP contribution in [0.1, 0.15) is 48.6 Å². The van der Waals surface area contributed by atoms with Crippen LogP contribution in [0.3, 0.4) is 0 Å². The van der Waals surface area contributed by atoms with E-state index in [0.29, 0.717) is 5.95 Å². The lowest BCUT2D eigenvalue weighted by Gasteiger charge is -2.37. The van der Waals surface area contributed by atoms with Crippen LogP contribution >= 0.6 is 0 Å². The lowest BCUT2D eigenvalue weighted by molar-refractivity contribution is -0.157. The van der Waals surface area contributed by atoms with Crippen LogP contribution in [0.2, 0.25) is 0 Å². The molecular formula is C26H25N5O2. The molecule has 0 bridgehead atoms. The van der Waals surface area contributed by atoms with E-state index < -0.39 is 5.92 Å². The van der Waals surface area contributed by atoms with Crippen LogP contribution < -0.4 is 5.32 Å². The number of tetrazole rings is 1. The molecule has 1 aromatic heterocycles. The molecule has 0 saturated carbocycles. The molecule has 7 heteroatoms. The number of carbonyl (C=O) groups is 1. The van der Waals surface area contributed by atoms with Crippen LogP contribution in [0.25, 0.3) is 10.8 Å². The third kappa shape index (κ3) is 3.35. The monoisotopic (exact) mass is 439 g/mol. The molecule has 7 nitrogen and oxygen atoms in total. The van der Waals surface area contributed by atoms with E-state index >= 15 is 0 Å². The van der Waals surface area contributed by atoms with E-state index in [1.54, 1.807) is 4.68 Å². The highest BCUT2D eigenvalue weighted by Gasteiger charge is 2.44. The minimum Gasteiger partial charge on any atom is -0.457 e. The number of rotatable bonds is 3. The Morgan fingerprint density at radius 3 is 2.76 bits per heavy atom. The maximum Gasteiger partial charge on any atom is 0.314 e. The first-order valence-electron chi connectivity index (χ1n) is 11.5. The molecule has 0 radical (unpaired) electrons. The number of fused-ring (bicyclic) bond motifs is 3. The minimum absolute atomic E-state index is 0.196. The van der Waals surface area contributed by atoms with Crippen LogP contribution in [-0.4, -0.2) is 32.2 Å². The largest absolute Gasteiger partial charge is 0.457 e. The summed E-state index contributed by atoms with van der Waals surface area (Å²) in [5, 5.41) is 17.8. The molecule has 0 spiro atoms. The number of anilines is 1. The zero-order valence-electron chi connectivity index (χ0n) is 18.4. The third-order valence-corrected chi connectivity index (χ3v) is 6.98. The van der Waals surface area contributed by atoms with Gasteiger partial charge in [0.05, 0.1) is 6.04 Å². The Balaban J connectivity index is 1.42. The highest BCUT2D eigenvalue weighted by atomic mass is 16.5. The molecular weight excluding hydrogens is 414 g/mol. The van der Waals surface area contributed by atoms with Gasteiger partial charge in [0.1, 0.15) is 12.0 Å². The molecule has 0 saturated heterocycles. The van der Waals surface area contributed by atoms with Crippen molar-refractivity contribution in [2.75, 3.05) is 5.32 Å². The quantitative estimate of drug-likeness (QED) is 0.475. The molecule has 3 aromatic carbocycles. The number of carbonyl (C=O) groups excluding carboxylic acids is 1. The second-order valence-electron chi connectivity index (χ2n) is 8.94. The van der Waals surface area contributed by atoms with Gasteiger partial charge in [-0.3, -0.25) is 4.79 Å². The molecule has 0 amide bonds. The lowest BCUT2D eigenvalue weighted by atomic mass is 9.84. The molecule has 1 aliphatic heterocycles. The van der Waals surface area contributed by atoms with Gasteiger partial charge in [-0.05, 0) is 64.1 Å². The lowest BCUT2D eigenvalue weighted by Crippen LogP contribution is -2.45. The number of nitrogens with one attached hydrogen (secondary N) is 1. The van der Waals surface area contributed by atoms with Gasteiger partial charge in [0.2, 0.25) is 5.95 Å². The van der Waals surface area contributed by atoms with Crippen LogP contribution in [0.5, 0.6) is 0 Å². The highest BCUT2D eigenvalue weighted by molar-refractivity contribution is 5.87. The fourth-order valence-corrected chi connectivity index (χ4v) is 5.41. The van der Waals surface area contributed by atoms with Crippen molar-refractivity contribution < 1.29 is 9.53 Å².